The maximum Gasteiger partial charge on any atom is 0.100 e. The van der Waals surface area contributed by atoms with Crippen LogP contribution in [-0.2, 0) is 9.47 Å². The number of likely N-dealkylation sites (N-methyl/N-ethyl adjacent to an activating group) is 1. The monoisotopic (exact) mass is 286 g/mol. The van der Waals surface area contributed by atoms with Gasteiger partial charge >= 0.3 is 0 Å². The van der Waals surface area contributed by atoms with Gasteiger partial charge in [0.2, 0.25) is 0 Å². The normalized spacial score (nSPS) is 20.6. The Morgan fingerprint density at radius 2 is 2.19 bits per heavy atom. The summed E-state index contributed by atoms with van der Waals surface area (Å²) >= 11 is 0. The van der Waals surface area contributed by atoms with Gasteiger partial charge < -0.3 is 14.8 Å². The van der Waals surface area contributed by atoms with Crippen LogP contribution in [0.4, 0.5) is 0 Å². The molecule has 3 rings (SSSR count). The molecule has 1 aromatic heterocycles. The summed E-state index contributed by atoms with van der Waals surface area (Å²) in [5, 5.41) is 4.68. The number of benzene rings is 1. The smallest absolute Gasteiger partial charge is 0.100 e. The molecule has 1 saturated heterocycles. The van der Waals surface area contributed by atoms with E-state index in [9.17, 15) is 0 Å². The van der Waals surface area contributed by atoms with Gasteiger partial charge in [0, 0.05) is 11.1 Å². The van der Waals surface area contributed by atoms with Crippen LogP contribution in [0.15, 0.2) is 30.3 Å². The second-order valence-electron chi connectivity index (χ2n) is 5.42. The second-order valence-corrected chi connectivity index (χ2v) is 5.42. The number of fused-ring (bicyclic) bond motifs is 1. The van der Waals surface area contributed by atoms with Crippen molar-refractivity contribution in [2.75, 3.05) is 26.4 Å². The van der Waals surface area contributed by atoms with Crippen molar-refractivity contribution < 1.29 is 9.47 Å². The van der Waals surface area contributed by atoms with Gasteiger partial charge in [-0.15, -0.1) is 0 Å². The van der Waals surface area contributed by atoms with Crippen LogP contribution in [0, 0.1) is 6.92 Å². The van der Waals surface area contributed by atoms with Gasteiger partial charge in [0.15, 0.2) is 0 Å². The summed E-state index contributed by atoms with van der Waals surface area (Å²) in [5.41, 5.74) is 3.31. The first kappa shape index (κ1) is 14.4. The number of ether oxygens (including phenoxy) is 2. The van der Waals surface area contributed by atoms with E-state index in [1.54, 1.807) is 0 Å². The minimum absolute atomic E-state index is 0.0644. The van der Waals surface area contributed by atoms with Crippen LogP contribution in [0.1, 0.15) is 24.2 Å². The zero-order chi connectivity index (χ0) is 14.7. The average Bonchev–Trinajstić information content (AvgIpc) is 2.53. The molecule has 0 amide bonds. The lowest BCUT2D eigenvalue weighted by Gasteiger charge is -2.31. The summed E-state index contributed by atoms with van der Waals surface area (Å²) < 4.78 is 11.4. The second kappa shape index (κ2) is 6.52. The minimum Gasteiger partial charge on any atom is -0.376 e. The maximum atomic E-state index is 5.88. The fourth-order valence-electron chi connectivity index (χ4n) is 2.82. The van der Waals surface area contributed by atoms with Crippen molar-refractivity contribution in [2.45, 2.75) is 26.0 Å². The van der Waals surface area contributed by atoms with Crippen molar-refractivity contribution >= 4 is 10.9 Å². The number of aromatic nitrogens is 1. The summed E-state index contributed by atoms with van der Waals surface area (Å²) in [6.07, 6.45) is 0.0644. The summed E-state index contributed by atoms with van der Waals surface area (Å²) in [4.78, 5) is 4.56. The van der Waals surface area contributed by atoms with Crippen molar-refractivity contribution in [3.05, 3.63) is 41.6 Å². The zero-order valence-corrected chi connectivity index (χ0v) is 12.6. The molecule has 1 aliphatic rings. The molecule has 1 N–H and O–H groups in total. The number of aryl methyl sites for hydroxylation is 1. The predicted octanol–water partition coefficient (Wildman–Crippen LogP) is 2.61. The molecule has 0 saturated carbocycles. The van der Waals surface area contributed by atoms with Crippen molar-refractivity contribution in [1.82, 2.24) is 10.3 Å². The molecule has 112 valence electrons. The number of nitrogens with one attached hydrogen (secondary N) is 1. The fraction of sp³-hybridized carbons (Fsp3) is 0.471. The Morgan fingerprint density at radius 1 is 1.29 bits per heavy atom. The molecular weight excluding hydrogens is 264 g/mol. The van der Waals surface area contributed by atoms with E-state index in [0.717, 1.165) is 23.1 Å². The molecule has 2 aromatic rings. The van der Waals surface area contributed by atoms with Crippen LogP contribution in [0.2, 0.25) is 0 Å². The molecule has 21 heavy (non-hydrogen) atoms. The molecule has 4 heteroatoms. The van der Waals surface area contributed by atoms with Crippen molar-refractivity contribution in [3.63, 3.8) is 0 Å². The van der Waals surface area contributed by atoms with Crippen LogP contribution >= 0.6 is 0 Å². The summed E-state index contributed by atoms with van der Waals surface area (Å²) in [6.45, 7) is 7.03. The highest BCUT2D eigenvalue weighted by atomic mass is 16.6. The Morgan fingerprint density at radius 3 is 2.95 bits per heavy atom. The zero-order valence-electron chi connectivity index (χ0n) is 12.6. The highest BCUT2D eigenvalue weighted by molar-refractivity contribution is 5.79. The van der Waals surface area contributed by atoms with Crippen LogP contribution in [0.5, 0.6) is 0 Å². The standard InChI is InChI=1S/C17H22N2O2/c1-3-18-17(16-11-20-8-9-21-16)14-6-7-15-13(10-14)5-4-12(2)19-15/h4-7,10,16-18H,3,8-9,11H2,1-2H3. The number of hydrogen-bond acceptors (Lipinski definition) is 4. The van der Waals surface area contributed by atoms with Crippen molar-refractivity contribution in [3.8, 4) is 0 Å². The lowest BCUT2D eigenvalue weighted by atomic mass is 9.99. The Kier molecular flexibility index (Phi) is 4.48. The SMILES string of the molecule is CCNC(c1ccc2nc(C)ccc2c1)C1COCCO1. The molecule has 1 aromatic carbocycles. The van der Waals surface area contributed by atoms with Gasteiger partial charge in [0.25, 0.3) is 0 Å². The van der Waals surface area contributed by atoms with E-state index in [2.05, 4.69) is 47.6 Å². The van der Waals surface area contributed by atoms with Crippen LogP contribution in [-0.4, -0.2) is 37.5 Å². The molecule has 2 atom stereocenters. The molecule has 0 spiro atoms. The van der Waals surface area contributed by atoms with Crippen LogP contribution < -0.4 is 5.32 Å². The van der Waals surface area contributed by atoms with Gasteiger partial charge in [-0.1, -0.05) is 19.1 Å². The maximum absolute atomic E-state index is 5.88. The molecule has 4 nitrogen and oxygen atoms in total. The Labute approximate surface area is 125 Å². The number of rotatable bonds is 4. The van der Waals surface area contributed by atoms with Crippen LogP contribution in [0.25, 0.3) is 10.9 Å². The largest absolute Gasteiger partial charge is 0.376 e. The fourth-order valence-corrected chi connectivity index (χ4v) is 2.82. The highest BCUT2D eigenvalue weighted by Gasteiger charge is 2.26. The molecular formula is C17H22N2O2. The molecule has 1 aliphatic heterocycles. The van der Waals surface area contributed by atoms with E-state index in [1.165, 1.54) is 5.56 Å². The minimum atomic E-state index is 0.0644. The molecule has 1 fully saturated rings. The topological polar surface area (TPSA) is 43.4 Å². The van der Waals surface area contributed by atoms with Gasteiger partial charge in [0.1, 0.15) is 6.10 Å². The quantitative estimate of drug-likeness (QED) is 0.938. The third-order valence-corrected chi connectivity index (χ3v) is 3.85. The number of hydrogen-bond donors (Lipinski definition) is 1. The lowest BCUT2D eigenvalue weighted by Crippen LogP contribution is -2.40. The average molecular weight is 286 g/mol. The Bertz CT molecular complexity index is 609. The Balaban J connectivity index is 1.92. The van der Waals surface area contributed by atoms with Gasteiger partial charge in [-0.3, -0.25) is 4.98 Å². The first-order valence-electron chi connectivity index (χ1n) is 7.58. The van der Waals surface area contributed by atoms with Gasteiger partial charge in [0.05, 0.1) is 31.4 Å². The highest BCUT2D eigenvalue weighted by Crippen LogP contribution is 2.25. The van der Waals surface area contributed by atoms with E-state index in [1.807, 2.05) is 6.92 Å². The molecule has 0 bridgehead atoms. The van der Waals surface area contributed by atoms with E-state index < -0.39 is 0 Å². The van der Waals surface area contributed by atoms with Gasteiger partial charge in [-0.25, -0.2) is 0 Å². The van der Waals surface area contributed by atoms with E-state index in [0.29, 0.717) is 19.8 Å². The van der Waals surface area contributed by atoms with Crippen molar-refractivity contribution in [2.24, 2.45) is 0 Å². The summed E-state index contributed by atoms with van der Waals surface area (Å²) in [7, 11) is 0. The van der Waals surface area contributed by atoms with E-state index >= 15 is 0 Å². The lowest BCUT2D eigenvalue weighted by molar-refractivity contribution is -0.102. The molecule has 0 radical (unpaired) electrons. The first-order chi connectivity index (χ1) is 10.3. The third kappa shape index (κ3) is 3.23. The van der Waals surface area contributed by atoms with Gasteiger partial charge in [-0.05, 0) is 37.2 Å². The molecule has 2 heterocycles. The summed E-state index contributed by atoms with van der Waals surface area (Å²) in [6, 6.07) is 10.8. The summed E-state index contributed by atoms with van der Waals surface area (Å²) in [5.74, 6) is 0. The third-order valence-electron chi connectivity index (χ3n) is 3.85. The first-order valence-corrected chi connectivity index (χ1v) is 7.58. The predicted molar refractivity (Wildman–Crippen MR) is 83.5 cm³/mol. The van der Waals surface area contributed by atoms with Crippen molar-refractivity contribution in [1.29, 1.82) is 0 Å². The molecule has 0 aliphatic carbocycles. The van der Waals surface area contributed by atoms with E-state index in [-0.39, 0.29) is 12.1 Å². The molecule has 2 unspecified atom stereocenters. The van der Waals surface area contributed by atoms with Crippen LogP contribution in [0.3, 0.4) is 0 Å². The Hall–Kier alpha value is -1.49. The number of nitrogens with zero attached hydrogens (tertiary/aromatic N) is 1. The van der Waals surface area contributed by atoms with E-state index in [4.69, 9.17) is 9.47 Å². The van der Waals surface area contributed by atoms with Gasteiger partial charge in [-0.2, -0.15) is 0 Å². The number of pyridine rings is 1.